The molecule has 0 aromatic heterocycles. The summed E-state index contributed by atoms with van der Waals surface area (Å²) in [5, 5.41) is 8.52. The molecular weight excluding hydrogens is 312 g/mol. The highest BCUT2D eigenvalue weighted by Crippen LogP contribution is 2.12. The topological polar surface area (TPSA) is 66.4 Å². The van der Waals surface area contributed by atoms with Gasteiger partial charge in [-0.1, -0.05) is 33.1 Å². The second-order valence-corrected chi connectivity index (χ2v) is 5.66. The van der Waals surface area contributed by atoms with Crippen molar-refractivity contribution in [1.29, 1.82) is 0 Å². The lowest BCUT2D eigenvalue weighted by molar-refractivity contribution is -0.0157. The predicted molar refractivity (Wildman–Crippen MR) is 94.5 cm³/mol. The van der Waals surface area contributed by atoms with Crippen LogP contribution >= 0.6 is 0 Å². The van der Waals surface area contributed by atoms with Crippen molar-refractivity contribution in [3.63, 3.8) is 0 Å². The largest absolute Gasteiger partial charge is 0.394 e. The Bertz CT molecular complexity index is 228. The zero-order valence-corrected chi connectivity index (χ0v) is 15.7. The molecule has 0 saturated carbocycles. The van der Waals surface area contributed by atoms with Gasteiger partial charge in [0.05, 0.1) is 66.1 Å². The van der Waals surface area contributed by atoms with Crippen LogP contribution < -0.4 is 0 Å². The molecule has 0 fully saturated rings. The van der Waals surface area contributed by atoms with Gasteiger partial charge in [-0.05, 0) is 12.3 Å². The molecule has 146 valence electrons. The van der Waals surface area contributed by atoms with E-state index in [9.17, 15) is 0 Å². The van der Waals surface area contributed by atoms with Crippen LogP contribution in [0.25, 0.3) is 0 Å². The Morgan fingerprint density at radius 1 is 0.667 bits per heavy atom. The van der Waals surface area contributed by atoms with Crippen LogP contribution in [0, 0.1) is 5.92 Å². The average Bonchev–Trinajstić information content (AvgIpc) is 2.61. The van der Waals surface area contributed by atoms with Crippen LogP contribution in [0.5, 0.6) is 0 Å². The van der Waals surface area contributed by atoms with Crippen LogP contribution in [-0.2, 0) is 23.7 Å². The molecule has 0 heterocycles. The maximum atomic E-state index is 8.52. The van der Waals surface area contributed by atoms with Gasteiger partial charge < -0.3 is 28.8 Å². The van der Waals surface area contributed by atoms with Crippen molar-refractivity contribution in [2.75, 3.05) is 72.7 Å². The Morgan fingerprint density at radius 2 is 1.12 bits per heavy atom. The van der Waals surface area contributed by atoms with Crippen LogP contribution in [-0.4, -0.2) is 77.8 Å². The van der Waals surface area contributed by atoms with Gasteiger partial charge in [-0.3, -0.25) is 0 Å². The van der Waals surface area contributed by atoms with Crippen molar-refractivity contribution >= 4 is 0 Å². The zero-order chi connectivity index (χ0) is 17.7. The highest BCUT2D eigenvalue weighted by atomic mass is 16.6. The normalized spacial score (nSPS) is 12.6. The van der Waals surface area contributed by atoms with Crippen molar-refractivity contribution in [2.45, 2.75) is 39.5 Å². The van der Waals surface area contributed by atoms with E-state index in [1.165, 1.54) is 25.7 Å². The number of hydrogen-bond acceptors (Lipinski definition) is 6. The minimum atomic E-state index is 0.0478. The summed E-state index contributed by atoms with van der Waals surface area (Å²) in [6, 6.07) is 0. The van der Waals surface area contributed by atoms with Crippen molar-refractivity contribution in [3.8, 4) is 0 Å². The van der Waals surface area contributed by atoms with Crippen LogP contribution in [0.15, 0.2) is 0 Å². The summed E-state index contributed by atoms with van der Waals surface area (Å²) in [6.07, 6.45) is 4.99. The molecule has 0 rings (SSSR count). The molecule has 6 heteroatoms. The third kappa shape index (κ3) is 18.1. The van der Waals surface area contributed by atoms with Crippen LogP contribution in [0.1, 0.15) is 39.5 Å². The number of rotatable bonds is 20. The molecule has 0 spiro atoms. The fraction of sp³-hybridized carbons (Fsp3) is 1.00. The third-order valence-corrected chi connectivity index (χ3v) is 3.62. The minimum absolute atomic E-state index is 0.0478. The lowest BCUT2D eigenvalue weighted by Gasteiger charge is -2.14. The molecule has 6 nitrogen and oxygen atoms in total. The van der Waals surface area contributed by atoms with Gasteiger partial charge in [-0.2, -0.15) is 0 Å². The molecule has 0 aliphatic carbocycles. The SMILES string of the molecule is CCCCC(CC)COCCOCCOCCOCCOCCO. The van der Waals surface area contributed by atoms with Gasteiger partial charge in [0.2, 0.25) is 0 Å². The van der Waals surface area contributed by atoms with E-state index in [-0.39, 0.29) is 6.61 Å². The van der Waals surface area contributed by atoms with Gasteiger partial charge in [0.25, 0.3) is 0 Å². The lowest BCUT2D eigenvalue weighted by Crippen LogP contribution is -2.15. The second-order valence-electron chi connectivity index (χ2n) is 5.66. The van der Waals surface area contributed by atoms with Crippen molar-refractivity contribution in [1.82, 2.24) is 0 Å². The van der Waals surface area contributed by atoms with Crippen LogP contribution in [0.2, 0.25) is 0 Å². The highest BCUT2D eigenvalue weighted by Gasteiger charge is 2.05. The predicted octanol–water partition coefficient (Wildman–Crippen LogP) is 2.28. The van der Waals surface area contributed by atoms with Gasteiger partial charge in [-0.15, -0.1) is 0 Å². The van der Waals surface area contributed by atoms with Crippen molar-refractivity contribution < 1.29 is 28.8 Å². The molecule has 0 bridgehead atoms. The molecule has 1 unspecified atom stereocenters. The molecule has 0 radical (unpaired) electrons. The van der Waals surface area contributed by atoms with Gasteiger partial charge in [0, 0.05) is 6.61 Å². The molecule has 0 amide bonds. The Hall–Kier alpha value is -0.240. The first kappa shape index (κ1) is 23.8. The first-order chi connectivity index (χ1) is 11.8. The summed E-state index contributed by atoms with van der Waals surface area (Å²) in [5.74, 6) is 0.683. The summed E-state index contributed by atoms with van der Waals surface area (Å²) in [6.45, 7) is 10.2. The number of aliphatic hydroxyl groups is 1. The summed E-state index contributed by atoms with van der Waals surface area (Å²) >= 11 is 0. The van der Waals surface area contributed by atoms with E-state index in [0.29, 0.717) is 65.4 Å². The fourth-order valence-corrected chi connectivity index (χ4v) is 2.09. The molecule has 0 aromatic rings. The van der Waals surface area contributed by atoms with E-state index in [1.807, 2.05) is 0 Å². The maximum Gasteiger partial charge on any atom is 0.0701 e. The zero-order valence-electron chi connectivity index (χ0n) is 15.7. The summed E-state index contributed by atoms with van der Waals surface area (Å²) in [5.41, 5.74) is 0. The van der Waals surface area contributed by atoms with Crippen LogP contribution in [0.4, 0.5) is 0 Å². The smallest absolute Gasteiger partial charge is 0.0701 e. The monoisotopic (exact) mass is 350 g/mol. The second kappa shape index (κ2) is 20.8. The molecule has 0 aliphatic rings. The van der Waals surface area contributed by atoms with E-state index in [2.05, 4.69) is 13.8 Å². The molecule has 0 saturated heterocycles. The van der Waals surface area contributed by atoms with Gasteiger partial charge in [0.15, 0.2) is 0 Å². The summed E-state index contributed by atoms with van der Waals surface area (Å²) < 4.78 is 26.9. The first-order valence-corrected chi connectivity index (χ1v) is 9.34. The van der Waals surface area contributed by atoms with E-state index in [0.717, 1.165) is 6.61 Å². The number of hydrogen-bond donors (Lipinski definition) is 1. The van der Waals surface area contributed by atoms with E-state index in [4.69, 9.17) is 28.8 Å². The number of unbranched alkanes of at least 4 members (excludes halogenated alkanes) is 1. The average molecular weight is 350 g/mol. The first-order valence-electron chi connectivity index (χ1n) is 9.34. The summed E-state index contributed by atoms with van der Waals surface area (Å²) in [4.78, 5) is 0. The van der Waals surface area contributed by atoms with E-state index < -0.39 is 0 Å². The van der Waals surface area contributed by atoms with Gasteiger partial charge in [0.1, 0.15) is 0 Å². The lowest BCUT2D eigenvalue weighted by atomic mass is 10.0. The Labute approximate surface area is 147 Å². The molecule has 0 aliphatic heterocycles. The quantitative estimate of drug-likeness (QED) is 0.340. The van der Waals surface area contributed by atoms with Gasteiger partial charge >= 0.3 is 0 Å². The Balaban J connectivity index is 3.12. The fourth-order valence-electron chi connectivity index (χ4n) is 2.09. The third-order valence-electron chi connectivity index (χ3n) is 3.62. The minimum Gasteiger partial charge on any atom is -0.394 e. The van der Waals surface area contributed by atoms with E-state index in [1.54, 1.807) is 0 Å². The van der Waals surface area contributed by atoms with Crippen LogP contribution in [0.3, 0.4) is 0 Å². The van der Waals surface area contributed by atoms with E-state index >= 15 is 0 Å². The molecule has 1 atom stereocenters. The number of aliphatic hydroxyl groups excluding tert-OH is 1. The molecule has 24 heavy (non-hydrogen) atoms. The summed E-state index contributed by atoms with van der Waals surface area (Å²) in [7, 11) is 0. The Morgan fingerprint density at radius 3 is 1.54 bits per heavy atom. The molecule has 1 N–H and O–H groups in total. The number of ether oxygens (including phenoxy) is 5. The van der Waals surface area contributed by atoms with Crippen molar-refractivity contribution in [2.24, 2.45) is 5.92 Å². The van der Waals surface area contributed by atoms with Gasteiger partial charge in [-0.25, -0.2) is 0 Å². The standard InChI is InChI=1S/C18H38O6/c1-3-5-6-18(4-2)17-24-16-15-23-14-13-22-12-11-21-10-9-20-8-7-19/h18-19H,3-17H2,1-2H3. The highest BCUT2D eigenvalue weighted by molar-refractivity contribution is 4.55. The molecular formula is C18H38O6. The molecule has 0 aromatic carbocycles. The maximum absolute atomic E-state index is 8.52. The van der Waals surface area contributed by atoms with Crippen molar-refractivity contribution in [3.05, 3.63) is 0 Å². The Kier molecular flexibility index (Phi) is 20.6.